The highest BCUT2D eigenvalue weighted by atomic mass is 35.5. The summed E-state index contributed by atoms with van der Waals surface area (Å²) in [4.78, 5) is 10.7. The minimum Gasteiger partial charge on any atom is -0.298 e. The Morgan fingerprint density at radius 2 is 2.00 bits per heavy atom. The van der Waals surface area contributed by atoms with Crippen LogP contribution in [0.3, 0.4) is 0 Å². The second kappa shape index (κ2) is 4.94. The van der Waals surface area contributed by atoms with E-state index >= 15 is 0 Å². The van der Waals surface area contributed by atoms with Crippen LogP contribution in [0.25, 0.3) is 0 Å². The highest BCUT2D eigenvalue weighted by molar-refractivity contribution is 6.30. The Labute approximate surface area is 98.4 Å². The standard InChI is InChI=1S/C12H11ClN2O/c13-11-4-1-9(2-5-11)3-6-12-10(8-16)7-14-15-12/h1-2,4-5,7-8H,3,6H2,(H,14,15). The lowest BCUT2D eigenvalue weighted by atomic mass is 10.1. The van der Waals surface area contributed by atoms with Gasteiger partial charge >= 0.3 is 0 Å². The summed E-state index contributed by atoms with van der Waals surface area (Å²) in [5.74, 6) is 0. The Kier molecular flexibility index (Phi) is 3.37. The van der Waals surface area contributed by atoms with Crippen LogP contribution in [0.4, 0.5) is 0 Å². The normalized spacial score (nSPS) is 10.3. The molecule has 2 rings (SSSR count). The fourth-order valence-corrected chi connectivity index (χ4v) is 1.67. The number of benzene rings is 1. The van der Waals surface area contributed by atoms with Crippen molar-refractivity contribution in [3.05, 3.63) is 52.3 Å². The third kappa shape index (κ3) is 2.49. The monoisotopic (exact) mass is 234 g/mol. The van der Waals surface area contributed by atoms with Crippen LogP contribution >= 0.6 is 11.6 Å². The minimum absolute atomic E-state index is 0.633. The second-order valence-corrected chi connectivity index (χ2v) is 3.98. The van der Waals surface area contributed by atoms with Gasteiger partial charge in [-0.3, -0.25) is 9.89 Å². The first-order valence-corrected chi connectivity index (χ1v) is 5.39. The summed E-state index contributed by atoms with van der Waals surface area (Å²) in [5.41, 5.74) is 2.70. The number of rotatable bonds is 4. The molecule has 0 spiro atoms. The molecule has 4 heteroatoms. The van der Waals surface area contributed by atoms with Crippen molar-refractivity contribution in [2.75, 3.05) is 0 Å². The number of aromatic amines is 1. The fraction of sp³-hybridized carbons (Fsp3) is 0.167. The Balaban J connectivity index is 2.02. The second-order valence-electron chi connectivity index (χ2n) is 3.55. The zero-order valence-corrected chi connectivity index (χ0v) is 9.37. The third-order valence-electron chi connectivity index (χ3n) is 2.46. The highest BCUT2D eigenvalue weighted by Crippen LogP contribution is 2.12. The average Bonchev–Trinajstić information content (AvgIpc) is 2.76. The van der Waals surface area contributed by atoms with Gasteiger partial charge in [0.05, 0.1) is 11.8 Å². The van der Waals surface area contributed by atoms with E-state index in [1.165, 1.54) is 5.56 Å². The molecule has 82 valence electrons. The lowest BCUT2D eigenvalue weighted by molar-refractivity contribution is 0.112. The largest absolute Gasteiger partial charge is 0.298 e. The number of carbonyl (C=O) groups excluding carboxylic acids is 1. The molecule has 1 N–H and O–H groups in total. The summed E-state index contributed by atoms with van der Waals surface area (Å²) in [6.45, 7) is 0. The summed E-state index contributed by atoms with van der Waals surface area (Å²) in [7, 11) is 0. The van der Waals surface area contributed by atoms with Gasteiger partial charge in [0.2, 0.25) is 0 Å². The third-order valence-corrected chi connectivity index (χ3v) is 2.71. The van der Waals surface area contributed by atoms with Gasteiger partial charge in [-0.05, 0) is 30.5 Å². The van der Waals surface area contributed by atoms with E-state index in [1.807, 2.05) is 24.3 Å². The fourth-order valence-electron chi connectivity index (χ4n) is 1.54. The molecule has 1 aromatic heterocycles. The Morgan fingerprint density at radius 3 is 2.69 bits per heavy atom. The lowest BCUT2D eigenvalue weighted by Crippen LogP contribution is -1.95. The molecule has 1 aromatic carbocycles. The van der Waals surface area contributed by atoms with Crippen molar-refractivity contribution < 1.29 is 4.79 Å². The smallest absolute Gasteiger partial charge is 0.153 e. The molecule has 0 aliphatic heterocycles. The van der Waals surface area contributed by atoms with Gasteiger partial charge in [-0.25, -0.2) is 0 Å². The van der Waals surface area contributed by atoms with Gasteiger partial charge < -0.3 is 0 Å². The van der Waals surface area contributed by atoms with E-state index < -0.39 is 0 Å². The predicted octanol–water partition coefficient (Wildman–Crippen LogP) is 2.66. The molecule has 0 saturated heterocycles. The molecule has 0 aliphatic carbocycles. The van der Waals surface area contributed by atoms with Crippen molar-refractivity contribution in [1.29, 1.82) is 0 Å². The molecule has 16 heavy (non-hydrogen) atoms. The Hall–Kier alpha value is -1.61. The number of hydrogen-bond acceptors (Lipinski definition) is 2. The van der Waals surface area contributed by atoms with Crippen molar-refractivity contribution in [1.82, 2.24) is 10.2 Å². The molecule has 0 bridgehead atoms. The number of carbonyl (C=O) groups is 1. The van der Waals surface area contributed by atoms with Crippen molar-refractivity contribution in [3.8, 4) is 0 Å². The zero-order valence-electron chi connectivity index (χ0n) is 8.61. The molecule has 2 aromatic rings. The number of aldehydes is 1. The number of aromatic nitrogens is 2. The number of H-pyrrole nitrogens is 1. The van der Waals surface area contributed by atoms with E-state index in [0.29, 0.717) is 5.56 Å². The first kappa shape index (κ1) is 10.9. The van der Waals surface area contributed by atoms with Gasteiger partial charge in [-0.15, -0.1) is 0 Å². The molecule has 0 fully saturated rings. The maximum absolute atomic E-state index is 10.7. The van der Waals surface area contributed by atoms with Crippen LogP contribution in [0.1, 0.15) is 21.6 Å². The Morgan fingerprint density at radius 1 is 1.25 bits per heavy atom. The molecular formula is C12H11ClN2O. The zero-order chi connectivity index (χ0) is 11.4. The Bertz CT molecular complexity index is 476. The van der Waals surface area contributed by atoms with E-state index in [1.54, 1.807) is 6.20 Å². The van der Waals surface area contributed by atoms with Crippen LogP contribution in [-0.4, -0.2) is 16.5 Å². The van der Waals surface area contributed by atoms with Crippen molar-refractivity contribution in [2.45, 2.75) is 12.8 Å². The van der Waals surface area contributed by atoms with Gasteiger partial charge in [0, 0.05) is 10.7 Å². The first-order chi connectivity index (χ1) is 7.79. The summed E-state index contributed by atoms with van der Waals surface area (Å²) in [6, 6.07) is 7.70. The van der Waals surface area contributed by atoms with Crippen LogP contribution in [0, 0.1) is 0 Å². The van der Waals surface area contributed by atoms with E-state index in [2.05, 4.69) is 10.2 Å². The van der Waals surface area contributed by atoms with E-state index in [4.69, 9.17) is 11.6 Å². The molecular weight excluding hydrogens is 224 g/mol. The van der Waals surface area contributed by atoms with Crippen molar-refractivity contribution in [3.63, 3.8) is 0 Å². The van der Waals surface area contributed by atoms with Crippen LogP contribution in [0.15, 0.2) is 30.5 Å². The van der Waals surface area contributed by atoms with Gasteiger partial charge in [-0.2, -0.15) is 5.10 Å². The van der Waals surface area contributed by atoms with Gasteiger partial charge in [0.1, 0.15) is 0 Å². The molecule has 1 heterocycles. The predicted molar refractivity (Wildman–Crippen MR) is 62.8 cm³/mol. The van der Waals surface area contributed by atoms with Crippen LogP contribution in [0.5, 0.6) is 0 Å². The summed E-state index contributed by atoms with van der Waals surface area (Å²) < 4.78 is 0. The van der Waals surface area contributed by atoms with Gasteiger partial charge in [-0.1, -0.05) is 23.7 Å². The van der Waals surface area contributed by atoms with Gasteiger partial charge in [0.25, 0.3) is 0 Å². The van der Waals surface area contributed by atoms with E-state index in [0.717, 1.165) is 29.8 Å². The van der Waals surface area contributed by atoms with Crippen LogP contribution in [-0.2, 0) is 12.8 Å². The number of nitrogens with zero attached hydrogens (tertiary/aromatic N) is 1. The summed E-state index contributed by atoms with van der Waals surface area (Å²) in [6.07, 6.45) is 4.00. The molecule has 3 nitrogen and oxygen atoms in total. The highest BCUT2D eigenvalue weighted by Gasteiger charge is 2.03. The van der Waals surface area contributed by atoms with E-state index in [9.17, 15) is 4.79 Å². The van der Waals surface area contributed by atoms with Crippen LogP contribution in [0.2, 0.25) is 5.02 Å². The maximum atomic E-state index is 10.7. The molecule has 0 unspecified atom stereocenters. The number of nitrogens with one attached hydrogen (secondary N) is 1. The lowest BCUT2D eigenvalue weighted by Gasteiger charge is -2.00. The van der Waals surface area contributed by atoms with Crippen molar-refractivity contribution in [2.24, 2.45) is 0 Å². The molecule has 0 saturated carbocycles. The molecule has 0 atom stereocenters. The summed E-state index contributed by atoms with van der Waals surface area (Å²) >= 11 is 5.80. The SMILES string of the molecule is O=Cc1cn[nH]c1CCc1ccc(Cl)cc1. The van der Waals surface area contributed by atoms with Gasteiger partial charge in [0.15, 0.2) is 6.29 Å². The number of halogens is 1. The maximum Gasteiger partial charge on any atom is 0.153 e. The quantitative estimate of drug-likeness (QED) is 0.827. The molecule has 0 radical (unpaired) electrons. The van der Waals surface area contributed by atoms with E-state index in [-0.39, 0.29) is 0 Å². The van der Waals surface area contributed by atoms with Crippen molar-refractivity contribution >= 4 is 17.9 Å². The molecule has 0 aliphatic rings. The summed E-state index contributed by atoms with van der Waals surface area (Å²) in [5, 5.41) is 7.41. The first-order valence-electron chi connectivity index (χ1n) is 5.01. The number of hydrogen-bond donors (Lipinski definition) is 1. The topological polar surface area (TPSA) is 45.8 Å². The number of aryl methyl sites for hydroxylation is 2. The van der Waals surface area contributed by atoms with Crippen LogP contribution < -0.4 is 0 Å². The molecule has 0 amide bonds. The average molecular weight is 235 g/mol. The minimum atomic E-state index is 0.633.